The van der Waals surface area contributed by atoms with Crippen molar-refractivity contribution >= 4 is 16.9 Å². The number of fused-ring (bicyclic) bond motifs is 1. The first-order valence-corrected chi connectivity index (χ1v) is 12.9. The fourth-order valence-electron chi connectivity index (χ4n) is 5.12. The number of esters is 1. The molecule has 1 N–H and O–H groups in total. The van der Waals surface area contributed by atoms with Gasteiger partial charge in [0, 0.05) is 24.2 Å². The molecule has 1 saturated heterocycles. The number of carbonyl (C=O) groups is 1. The fraction of sp³-hybridized carbons (Fsp3) is 0.393. The molecule has 3 heterocycles. The molecule has 192 valence electrons. The van der Waals surface area contributed by atoms with Gasteiger partial charge in [0.25, 0.3) is 5.56 Å². The maximum Gasteiger partial charge on any atom is 0.309 e. The van der Waals surface area contributed by atoms with Crippen LogP contribution in [0.15, 0.2) is 59.4 Å². The largest absolute Gasteiger partial charge is 0.466 e. The maximum atomic E-state index is 13.5. The predicted molar refractivity (Wildman–Crippen MR) is 140 cm³/mol. The summed E-state index contributed by atoms with van der Waals surface area (Å²) in [5, 5.41) is 13.7. The molecule has 0 radical (unpaired) electrons. The van der Waals surface area contributed by atoms with E-state index in [0.717, 1.165) is 22.9 Å². The monoisotopic (exact) mass is 500 g/mol. The van der Waals surface area contributed by atoms with E-state index in [9.17, 15) is 9.59 Å². The van der Waals surface area contributed by atoms with E-state index in [4.69, 9.17) is 4.74 Å². The van der Waals surface area contributed by atoms with Gasteiger partial charge in [0.15, 0.2) is 5.82 Å². The zero-order valence-corrected chi connectivity index (χ0v) is 21.3. The zero-order chi connectivity index (χ0) is 25.8. The van der Waals surface area contributed by atoms with Crippen LogP contribution in [0.3, 0.4) is 0 Å². The average molecular weight is 501 g/mol. The van der Waals surface area contributed by atoms with Gasteiger partial charge in [0.1, 0.15) is 6.04 Å². The number of tetrazole rings is 1. The first-order chi connectivity index (χ1) is 18.1. The van der Waals surface area contributed by atoms with Gasteiger partial charge in [-0.05, 0) is 71.3 Å². The zero-order valence-electron chi connectivity index (χ0n) is 21.3. The Balaban J connectivity index is 1.55. The highest BCUT2D eigenvalue weighted by Crippen LogP contribution is 2.31. The van der Waals surface area contributed by atoms with Gasteiger partial charge in [-0.3, -0.25) is 14.5 Å². The number of carbonyl (C=O) groups excluding carboxylic acids is 1. The van der Waals surface area contributed by atoms with Crippen LogP contribution in [0.1, 0.15) is 55.2 Å². The molecular formula is C28H32N6O3. The van der Waals surface area contributed by atoms with Gasteiger partial charge in [-0.1, -0.05) is 43.3 Å². The van der Waals surface area contributed by atoms with Crippen LogP contribution in [-0.2, 0) is 22.5 Å². The predicted octanol–water partition coefficient (Wildman–Crippen LogP) is 3.49. The Hall–Kier alpha value is -3.85. The lowest BCUT2D eigenvalue weighted by Gasteiger charge is -2.36. The average Bonchev–Trinajstić information content (AvgIpc) is 3.37. The molecule has 0 saturated carbocycles. The number of hydrogen-bond acceptors (Lipinski definition) is 7. The van der Waals surface area contributed by atoms with Gasteiger partial charge in [-0.2, -0.15) is 0 Å². The Labute approximate surface area is 215 Å². The number of aromatic amines is 1. The smallest absolute Gasteiger partial charge is 0.309 e. The van der Waals surface area contributed by atoms with Crippen LogP contribution in [0, 0.1) is 5.92 Å². The van der Waals surface area contributed by atoms with E-state index in [1.165, 1.54) is 5.56 Å². The van der Waals surface area contributed by atoms with Crippen LogP contribution >= 0.6 is 0 Å². The Kier molecular flexibility index (Phi) is 7.41. The van der Waals surface area contributed by atoms with E-state index in [1.54, 1.807) is 4.68 Å². The molecule has 1 aliphatic heterocycles. The highest BCUT2D eigenvalue weighted by Gasteiger charge is 2.35. The number of aromatic nitrogens is 5. The molecule has 5 rings (SSSR count). The molecule has 2 aromatic carbocycles. The summed E-state index contributed by atoms with van der Waals surface area (Å²) in [6, 6.07) is 17.6. The molecule has 0 spiro atoms. The van der Waals surface area contributed by atoms with E-state index < -0.39 is 6.04 Å². The lowest BCUT2D eigenvalue weighted by molar-refractivity contribution is -0.149. The number of benzene rings is 2. The standard InChI is InChI=1S/C28H32N6O3/c1-3-19-10-11-24-22(16-19)17-23(27(35)29-24)25(33-14-12-21(13-15-33)28(36)37-4-2)26-30-31-32-34(26)18-20-8-6-5-7-9-20/h5-11,16-17,21,25H,3-4,12-15,18H2,1-2H3,(H,29,35)/t25-/m1/s1. The number of nitrogens with one attached hydrogen (secondary N) is 1. The van der Waals surface area contributed by atoms with Crippen molar-refractivity contribution in [2.45, 2.75) is 45.7 Å². The summed E-state index contributed by atoms with van der Waals surface area (Å²) in [6.45, 7) is 6.05. The molecule has 4 aromatic rings. The van der Waals surface area contributed by atoms with Crippen molar-refractivity contribution in [3.05, 3.63) is 87.5 Å². The van der Waals surface area contributed by atoms with Gasteiger partial charge in [0.05, 0.1) is 19.1 Å². The number of rotatable bonds is 8. The van der Waals surface area contributed by atoms with Crippen molar-refractivity contribution in [1.82, 2.24) is 30.1 Å². The minimum atomic E-state index is -0.458. The van der Waals surface area contributed by atoms with Crippen LogP contribution in [0.2, 0.25) is 0 Å². The van der Waals surface area contributed by atoms with Crippen LogP contribution in [-0.4, -0.2) is 55.8 Å². The second-order valence-corrected chi connectivity index (χ2v) is 9.47. The quantitative estimate of drug-likeness (QED) is 0.369. The minimum Gasteiger partial charge on any atom is -0.466 e. The highest BCUT2D eigenvalue weighted by atomic mass is 16.5. The lowest BCUT2D eigenvalue weighted by atomic mass is 9.93. The van der Waals surface area contributed by atoms with Crippen LogP contribution in [0.25, 0.3) is 10.9 Å². The van der Waals surface area contributed by atoms with Crippen LogP contribution in [0.5, 0.6) is 0 Å². The van der Waals surface area contributed by atoms with Gasteiger partial charge >= 0.3 is 5.97 Å². The number of likely N-dealkylation sites (tertiary alicyclic amines) is 1. The molecule has 1 fully saturated rings. The molecule has 2 aromatic heterocycles. The number of piperidine rings is 1. The number of nitrogens with zero attached hydrogens (tertiary/aromatic N) is 5. The first-order valence-electron chi connectivity index (χ1n) is 12.9. The lowest BCUT2D eigenvalue weighted by Crippen LogP contribution is -2.42. The highest BCUT2D eigenvalue weighted by molar-refractivity contribution is 5.80. The second-order valence-electron chi connectivity index (χ2n) is 9.47. The summed E-state index contributed by atoms with van der Waals surface area (Å²) in [6.07, 6.45) is 2.21. The third kappa shape index (κ3) is 5.32. The number of aryl methyl sites for hydroxylation is 1. The number of ether oxygens (including phenoxy) is 1. The van der Waals surface area contributed by atoms with E-state index in [2.05, 4.69) is 38.4 Å². The number of hydrogen-bond donors (Lipinski definition) is 1. The Morgan fingerprint density at radius 2 is 1.86 bits per heavy atom. The Bertz CT molecular complexity index is 1420. The summed E-state index contributed by atoms with van der Waals surface area (Å²) in [4.78, 5) is 31.1. The number of H-pyrrole nitrogens is 1. The summed E-state index contributed by atoms with van der Waals surface area (Å²) in [5.74, 6) is 0.317. The molecule has 0 bridgehead atoms. The van der Waals surface area contributed by atoms with E-state index >= 15 is 0 Å². The Morgan fingerprint density at radius 1 is 1.08 bits per heavy atom. The van der Waals surface area contributed by atoms with Gasteiger partial charge < -0.3 is 9.72 Å². The minimum absolute atomic E-state index is 0.140. The second kappa shape index (κ2) is 11.0. The molecule has 0 unspecified atom stereocenters. The summed E-state index contributed by atoms with van der Waals surface area (Å²) in [7, 11) is 0. The summed E-state index contributed by atoms with van der Waals surface area (Å²) >= 11 is 0. The fourth-order valence-corrected chi connectivity index (χ4v) is 5.12. The SMILES string of the molecule is CCOC(=O)C1CCN([C@H](c2cc3cc(CC)ccc3[nH]c2=O)c2nnnn2Cc2ccccc2)CC1. The molecule has 1 aliphatic rings. The topological polar surface area (TPSA) is 106 Å². The first kappa shape index (κ1) is 24.8. The maximum absolute atomic E-state index is 13.5. The normalized spacial score (nSPS) is 15.6. The van der Waals surface area contributed by atoms with Crippen molar-refractivity contribution in [3.8, 4) is 0 Å². The van der Waals surface area contributed by atoms with Crippen molar-refractivity contribution in [2.75, 3.05) is 19.7 Å². The van der Waals surface area contributed by atoms with Crippen LogP contribution < -0.4 is 5.56 Å². The van der Waals surface area contributed by atoms with Gasteiger partial charge in [-0.15, -0.1) is 5.10 Å². The van der Waals surface area contributed by atoms with Gasteiger partial charge in [0.2, 0.25) is 0 Å². The molecular weight excluding hydrogens is 468 g/mol. The molecule has 1 atom stereocenters. The van der Waals surface area contributed by atoms with Crippen LogP contribution in [0.4, 0.5) is 0 Å². The van der Waals surface area contributed by atoms with Crippen molar-refractivity contribution in [2.24, 2.45) is 5.92 Å². The number of pyridine rings is 1. The van der Waals surface area contributed by atoms with Crippen molar-refractivity contribution < 1.29 is 9.53 Å². The van der Waals surface area contributed by atoms with Gasteiger partial charge in [-0.25, -0.2) is 4.68 Å². The van der Waals surface area contributed by atoms with Crippen molar-refractivity contribution in [3.63, 3.8) is 0 Å². The third-order valence-electron chi connectivity index (χ3n) is 7.13. The molecule has 0 aliphatic carbocycles. The van der Waals surface area contributed by atoms with Crippen molar-refractivity contribution in [1.29, 1.82) is 0 Å². The molecule has 9 heteroatoms. The van der Waals surface area contributed by atoms with E-state index in [1.807, 2.05) is 55.5 Å². The third-order valence-corrected chi connectivity index (χ3v) is 7.13. The van der Waals surface area contributed by atoms with E-state index in [-0.39, 0.29) is 17.4 Å². The van der Waals surface area contributed by atoms with E-state index in [0.29, 0.717) is 50.5 Å². The summed E-state index contributed by atoms with van der Waals surface area (Å²) < 4.78 is 7.03. The molecule has 0 amide bonds. The Morgan fingerprint density at radius 3 is 2.59 bits per heavy atom. The summed E-state index contributed by atoms with van der Waals surface area (Å²) in [5.41, 5.74) is 3.50. The molecule has 37 heavy (non-hydrogen) atoms. The molecule has 9 nitrogen and oxygen atoms in total.